The fourth-order valence-electron chi connectivity index (χ4n) is 6.96. The molecule has 0 saturated carbocycles. The summed E-state index contributed by atoms with van der Waals surface area (Å²) < 4.78 is 0. The van der Waals surface area contributed by atoms with Crippen LogP contribution in [0.4, 0.5) is 0 Å². The van der Waals surface area contributed by atoms with Gasteiger partial charge in [-0.25, -0.2) is 0 Å². The SMILES string of the molecule is CNC1=CCC(NC)(P(C(C)(C)C)C(C)(C)C)C=C1.CNC1=CCC(NC)(P(C(C)(C)C)C(C)(C)C)C=C1.[Pd]. The minimum Gasteiger partial charge on any atom is -0.388 e. The van der Waals surface area contributed by atoms with Crippen molar-refractivity contribution < 1.29 is 20.4 Å². The molecule has 0 heterocycles. The molecule has 39 heavy (non-hydrogen) atoms. The van der Waals surface area contributed by atoms with Gasteiger partial charge in [-0.3, -0.25) is 0 Å². The predicted molar refractivity (Wildman–Crippen MR) is 178 cm³/mol. The molecular formula is C32H62N4P2Pd. The van der Waals surface area contributed by atoms with Crippen molar-refractivity contribution in [3.05, 3.63) is 47.9 Å². The van der Waals surface area contributed by atoms with E-state index in [9.17, 15) is 0 Å². The maximum Gasteiger partial charge on any atom is 0.0610 e. The molecule has 0 aromatic heterocycles. The van der Waals surface area contributed by atoms with Crippen molar-refractivity contribution in [1.82, 2.24) is 21.3 Å². The van der Waals surface area contributed by atoms with Gasteiger partial charge in [0.05, 0.1) is 10.6 Å². The third-order valence-electron chi connectivity index (χ3n) is 7.27. The van der Waals surface area contributed by atoms with Gasteiger partial charge in [-0.1, -0.05) is 123 Å². The summed E-state index contributed by atoms with van der Waals surface area (Å²) in [6.45, 7) is 28.6. The van der Waals surface area contributed by atoms with Crippen molar-refractivity contribution >= 4 is 15.8 Å². The number of allylic oxidation sites excluding steroid dienone is 2. The largest absolute Gasteiger partial charge is 0.388 e. The zero-order valence-corrected chi connectivity index (χ0v) is 31.4. The summed E-state index contributed by atoms with van der Waals surface area (Å²) in [5, 5.41) is 15.2. The predicted octanol–water partition coefficient (Wildman–Crippen LogP) is 8.09. The zero-order chi connectivity index (χ0) is 29.8. The Balaban J connectivity index is 0.000000722. The number of rotatable bonds is 6. The first kappa shape index (κ1) is 39.0. The number of nitrogens with one attached hydrogen (secondary N) is 4. The first-order chi connectivity index (χ1) is 17.1. The van der Waals surface area contributed by atoms with Gasteiger partial charge in [0, 0.05) is 45.9 Å². The molecule has 0 amide bonds. The van der Waals surface area contributed by atoms with E-state index < -0.39 is 0 Å². The summed E-state index contributed by atoms with van der Waals surface area (Å²) in [5.74, 6) is 0. The van der Waals surface area contributed by atoms with Crippen molar-refractivity contribution in [2.75, 3.05) is 28.2 Å². The Bertz CT molecular complexity index is 795. The number of hydrogen-bond acceptors (Lipinski definition) is 4. The molecule has 0 saturated heterocycles. The van der Waals surface area contributed by atoms with E-state index in [0.717, 1.165) is 12.8 Å². The van der Waals surface area contributed by atoms with Gasteiger partial charge in [-0.15, -0.1) is 0 Å². The van der Waals surface area contributed by atoms with Crippen LogP contribution >= 0.6 is 15.8 Å². The molecule has 2 atom stereocenters. The topological polar surface area (TPSA) is 48.1 Å². The number of hydrogen-bond donors (Lipinski definition) is 4. The van der Waals surface area contributed by atoms with Crippen molar-refractivity contribution in [3.63, 3.8) is 0 Å². The van der Waals surface area contributed by atoms with Gasteiger partial charge in [0.1, 0.15) is 0 Å². The van der Waals surface area contributed by atoms with Crippen LogP contribution in [0, 0.1) is 0 Å². The molecule has 7 heteroatoms. The Hall–Kier alpha value is 0.00234. The van der Waals surface area contributed by atoms with Gasteiger partial charge in [0.2, 0.25) is 0 Å². The Morgan fingerprint density at radius 2 is 0.795 bits per heavy atom. The van der Waals surface area contributed by atoms with E-state index in [-0.39, 0.29) is 46.8 Å². The molecule has 2 unspecified atom stereocenters. The zero-order valence-electron chi connectivity index (χ0n) is 28.1. The minimum absolute atomic E-state index is 0. The molecule has 0 spiro atoms. The molecular weight excluding hydrogens is 609 g/mol. The minimum atomic E-state index is -0.240. The van der Waals surface area contributed by atoms with E-state index in [1.807, 2.05) is 14.1 Å². The summed E-state index contributed by atoms with van der Waals surface area (Å²) in [4.78, 5) is 0. The summed E-state index contributed by atoms with van der Waals surface area (Å²) in [7, 11) is 7.70. The summed E-state index contributed by atoms with van der Waals surface area (Å²) >= 11 is 0. The standard InChI is InChI=1S/2C16H31N2P.Pd/c2*1-14(2,3)19(15(4,5)6)16(18-8)11-9-13(17-7)10-12-16;/h2*9-11,17-18H,12H2,1-8H3;. The van der Waals surface area contributed by atoms with E-state index in [2.05, 4.69) is 155 Å². The molecule has 0 fully saturated rings. The molecule has 0 aromatic rings. The van der Waals surface area contributed by atoms with Crippen molar-refractivity contribution in [1.29, 1.82) is 0 Å². The van der Waals surface area contributed by atoms with Crippen LogP contribution in [0.25, 0.3) is 0 Å². The maximum absolute atomic E-state index is 3.64. The second-order valence-corrected chi connectivity index (χ2v) is 22.9. The van der Waals surface area contributed by atoms with E-state index in [1.54, 1.807) is 0 Å². The second-order valence-electron chi connectivity index (χ2n) is 14.6. The summed E-state index contributed by atoms with van der Waals surface area (Å²) in [6, 6.07) is 0. The van der Waals surface area contributed by atoms with Crippen molar-refractivity contribution in [3.8, 4) is 0 Å². The van der Waals surface area contributed by atoms with Crippen molar-refractivity contribution in [2.24, 2.45) is 0 Å². The fraction of sp³-hybridized carbons (Fsp3) is 0.750. The fourth-order valence-corrected chi connectivity index (χ4v) is 17.2. The molecule has 0 radical (unpaired) electrons. The molecule has 2 rings (SSSR count). The van der Waals surface area contributed by atoms with Crippen LogP contribution in [0.3, 0.4) is 0 Å². The van der Waals surface area contributed by atoms with Gasteiger partial charge in [-0.05, 0) is 59.7 Å². The van der Waals surface area contributed by atoms with Gasteiger partial charge in [-0.2, -0.15) is 0 Å². The van der Waals surface area contributed by atoms with Crippen LogP contribution in [0.1, 0.15) is 95.9 Å². The van der Waals surface area contributed by atoms with Crippen LogP contribution < -0.4 is 21.3 Å². The second kappa shape index (κ2) is 14.5. The van der Waals surface area contributed by atoms with E-state index in [4.69, 9.17) is 0 Å². The first-order valence-electron chi connectivity index (χ1n) is 14.3. The molecule has 0 aliphatic heterocycles. The molecule has 0 bridgehead atoms. The molecule has 0 aromatic carbocycles. The summed E-state index contributed by atoms with van der Waals surface area (Å²) in [5.41, 5.74) is 2.45. The van der Waals surface area contributed by atoms with Crippen LogP contribution in [-0.4, -0.2) is 59.4 Å². The van der Waals surface area contributed by atoms with E-state index in [0.29, 0.717) is 20.6 Å². The molecule has 4 nitrogen and oxygen atoms in total. The van der Waals surface area contributed by atoms with Gasteiger partial charge in [0.25, 0.3) is 0 Å². The van der Waals surface area contributed by atoms with E-state index in [1.165, 1.54) is 11.4 Å². The van der Waals surface area contributed by atoms with Gasteiger partial charge in [0.15, 0.2) is 0 Å². The third kappa shape index (κ3) is 10.1. The summed E-state index contributed by atoms with van der Waals surface area (Å²) in [6.07, 6.45) is 16.0. The Labute approximate surface area is 259 Å². The first-order valence-corrected chi connectivity index (χ1v) is 16.9. The molecule has 2 aliphatic carbocycles. The van der Waals surface area contributed by atoms with Gasteiger partial charge < -0.3 is 21.3 Å². The van der Waals surface area contributed by atoms with Crippen LogP contribution in [0.2, 0.25) is 0 Å². The van der Waals surface area contributed by atoms with Crippen LogP contribution in [0.5, 0.6) is 0 Å². The monoisotopic (exact) mass is 670 g/mol. The average Bonchev–Trinajstić information content (AvgIpc) is 2.76. The van der Waals surface area contributed by atoms with Crippen LogP contribution in [-0.2, 0) is 20.4 Å². The van der Waals surface area contributed by atoms with Crippen LogP contribution in [0.15, 0.2) is 47.9 Å². The quantitative estimate of drug-likeness (QED) is 0.171. The van der Waals surface area contributed by atoms with E-state index >= 15 is 0 Å². The van der Waals surface area contributed by atoms with Gasteiger partial charge >= 0.3 is 0 Å². The third-order valence-corrected chi connectivity index (χ3v) is 15.3. The average molecular weight is 671 g/mol. The molecule has 4 N–H and O–H groups in total. The molecule has 2 aliphatic rings. The Morgan fingerprint density at radius 3 is 0.923 bits per heavy atom. The Kier molecular flexibility index (Phi) is 14.5. The normalized spacial score (nSPS) is 23.9. The smallest absolute Gasteiger partial charge is 0.0610 e. The number of likely N-dealkylation sites (N-methyl/N-ethyl adjacent to an activating group) is 4. The van der Waals surface area contributed by atoms with Crippen molar-refractivity contribution in [2.45, 2.75) is 127 Å². The Morgan fingerprint density at radius 1 is 0.538 bits per heavy atom. The molecule has 230 valence electrons. The maximum atomic E-state index is 3.64.